The lowest BCUT2D eigenvalue weighted by atomic mass is 10.0. The van der Waals surface area contributed by atoms with E-state index < -0.39 is 0 Å². The van der Waals surface area contributed by atoms with Crippen LogP contribution < -0.4 is 5.73 Å². The van der Waals surface area contributed by atoms with Gasteiger partial charge in [-0.1, -0.05) is 46.4 Å². The molecule has 0 saturated carbocycles. The summed E-state index contributed by atoms with van der Waals surface area (Å²) >= 11 is 23.8. The monoisotopic (exact) mass is 333 g/mol. The predicted octanol–water partition coefficient (Wildman–Crippen LogP) is 5.11. The molecular formula is C13H7Cl4NO. The van der Waals surface area contributed by atoms with Gasteiger partial charge in [-0.05, 0) is 30.3 Å². The highest BCUT2D eigenvalue weighted by molar-refractivity contribution is 6.51. The molecule has 0 unspecified atom stereocenters. The first-order chi connectivity index (χ1) is 8.91. The smallest absolute Gasteiger partial charge is 0.196 e. The Morgan fingerprint density at radius 1 is 0.895 bits per heavy atom. The summed E-state index contributed by atoms with van der Waals surface area (Å²) in [4.78, 5) is 12.4. The molecule has 6 heteroatoms. The lowest BCUT2D eigenvalue weighted by Gasteiger charge is -2.09. The van der Waals surface area contributed by atoms with E-state index in [4.69, 9.17) is 52.1 Å². The van der Waals surface area contributed by atoms with Gasteiger partial charge in [0.05, 0.1) is 25.7 Å². The number of hydrogen-bond acceptors (Lipinski definition) is 2. The number of benzene rings is 2. The third kappa shape index (κ3) is 2.82. The summed E-state index contributed by atoms with van der Waals surface area (Å²) in [5.41, 5.74) is 6.67. The molecule has 0 radical (unpaired) electrons. The van der Waals surface area contributed by atoms with E-state index in [1.807, 2.05) is 0 Å². The summed E-state index contributed by atoms with van der Waals surface area (Å²) in [7, 11) is 0. The van der Waals surface area contributed by atoms with Gasteiger partial charge in [0.25, 0.3) is 0 Å². The quantitative estimate of drug-likeness (QED) is 0.359. The molecule has 0 aromatic heterocycles. The fourth-order valence-electron chi connectivity index (χ4n) is 1.55. The first kappa shape index (κ1) is 14.5. The van der Waals surface area contributed by atoms with Gasteiger partial charge in [-0.15, -0.1) is 0 Å². The Kier molecular flexibility index (Phi) is 4.26. The SMILES string of the molecule is Nc1ccc(C(=O)c2c(Cl)cc(Cl)c(Cl)c2Cl)cc1. The van der Waals surface area contributed by atoms with Gasteiger partial charge in [-0.2, -0.15) is 0 Å². The summed E-state index contributed by atoms with van der Waals surface area (Å²) in [6.07, 6.45) is 0. The number of carbonyl (C=O) groups is 1. The van der Waals surface area contributed by atoms with Gasteiger partial charge >= 0.3 is 0 Å². The maximum atomic E-state index is 12.4. The predicted molar refractivity (Wildman–Crippen MR) is 80.8 cm³/mol. The fourth-order valence-corrected chi connectivity index (χ4v) is 2.64. The molecule has 2 aromatic carbocycles. The molecule has 0 fully saturated rings. The second-order valence-corrected chi connectivity index (χ2v) is 5.36. The van der Waals surface area contributed by atoms with E-state index in [9.17, 15) is 4.79 Å². The van der Waals surface area contributed by atoms with Gasteiger partial charge in [-0.25, -0.2) is 0 Å². The highest BCUT2D eigenvalue weighted by atomic mass is 35.5. The third-order valence-corrected chi connectivity index (χ3v) is 4.07. The minimum Gasteiger partial charge on any atom is -0.399 e. The van der Waals surface area contributed by atoms with E-state index in [1.165, 1.54) is 6.07 Å². The Morgan fingerprint density at radius 2 is 1.47 bits per heavy atom. The van der Waals surface area contributed by atoms with Gasteiger partial charge in [-0.3, -0.25) is 4.79 Å². The van der Waals surface area contributed by atoms with Gasteiger partial charge in [0.2, 0.25) is 0 Å². The number of anilines is 1. The lowest BCUT2D eigenvalue weighted by Crippen LogP contribution is -2.04. The van der Waals surface area contributed by atoms with E-state index in [2.05, 4.69) is 0 Å². The summed E-state index contributed by atoms with van der Waals surface area (Å²) in [5.74, 6) is -0.339. The Hall–Kier alpha value is -0.930. The molecule has 2 nitrogen and oxygen atoms in total. The second-order valence-electron chi connectivity index (χ2n) is 3.79. The Labute approximate surface area is 130 Å². The number of carbonyl (C=O) groups excluding carboxylic acids is 1. The van der Waals surface area contributed by atoms with Crippen LogP contribution in [0.2, 0.25) is 20.1 Å². The van der Waals surface area contributed by atoms with Gasteiger partial charge in [0.1, 0.15) is 0 Å². The van der Waals surface area contributed by atoms with Gasteiger partial charge in [0, 0.05) is 11.3 Å². The molecule has 0 aliphatic rings. The molecule has 2 rings (SSSR count). The first-order valence-electron chi connectivity index (χ1n) is 5.15. The Balaban J connectivity index is 2.56. The molecule has 0 bridgehead atoms. The summed E-state index contributed by atoms with van der Waals surface area (Å²) < 4.78 is 0. The molecule has 0 spiro atoms. The highest BCUT2D eigenvalue weighted by Crippen LogP contribution is 2.38. The van der Waals surface area contributed by atoms with Crippen molar-refractivity contribution in [2.45, 2.75) is 0 Å². The summed E-state index contributed by atoms with van der Waals surface area (Å²) in [5, 5.41) is 0.499. The van der Waals surface area contributed by atoms with Gasteiger partial charge in [0.15, 0.2) is 5.78 Å². The number of hydrogen-bond donors (Lipinski definition) is 1. The average Bonchev–Trinajstić information content (AvgIpc) is 2.37. The topological polar surface area (TPSA) is 43.1 Å². The van der Waals surface area contributed by atoms with Crippen LogP contribution in [0.4, 0.5) is 5.69 Å². The minimum absolute atomic E-state index is 0.0426. The maximum absolute atomic E-state index is 12.4. The number of nitrogen functional groups attached to an aromatic ring is 1. The largest absolute Gasteiger partial charge is 0.399 e. The Morgan fingerprint density at radius 3 is 2.05 bits per heavy atom. The van der Waals surface area contributed by atoms with Crippen molar-refractivity contribution in [3.63, 3.8) is 0 Å². The summed E-state index contributed by atoms with van der Waals surface area (Å²) in [6.45, 7) is 0. The lowest BCUT2D eigenvalue weighted by molar-refractivity contribution is 0.103. The molecule has 0 aliphatic heterocycles. The highest BCUT2D eigenvalue weighted by Gasteiger charge is 2.20. The van der Waals surface area contributed by atoms with E-state index in [-0.39, 0.29) is 31.4 Å². The van der Waals surface area contributed by atoms with E-state index in [1.54, 1.807) is 24.3 Å². The van der Waals surface area contributed by atoms with Crippen molar-refractivity contribution in [3.05, 3.63) is 61.5 Å². The van der Waals surface area contributed by atoms with Crippen LogP contribution in [0.1, 0.15) is 15.9 Å². The number of halogens is 4. The zero-order valence-electron chi connectivity index (χ0n) is 9.38. The molecule has 0 saturated heterocycles. The fraction of sp³-hybridized carbons (Fsp3) is 0. The summed E-state index contributed by atoms with van der Waals surface area (Å²) in [6, 6.07) is 7.81. The van der Waals surface area contributed by atoms with Crippen LogP contribution in [-0.4, -0.2) is 5.78 Å². The van der Waals surface area contributed by atoms with Gasteiger partial charge < -0.3 is 5.73 Å². The molecule has 0 amide bonds. The second kappa shape index (κ2) is 5.59. The number of nitrogens with two attached hydrogens (primary N) is 1. The molecule has 19 heavy (non-hydrogen) atoms. The van der Waals surface area contributed by atoms with Crippen LogP contribution in [0.5, 0.6) is 0 Å². The molecule has 2 N–H and O–H groups in total. The zero-order chi connectivity index (χ0) is 14.2. The zero-order valence-corrected chi connectivity index (χ0v) is 12.4. The van der Waals surface area contributed by atoms with E-state index in [0.29, 0.717) is 11.3 Å². The molecule has 98 valence electrons. The van der Waals surface area contributed by atoms with Crippen LogP contribution in [0, 0.1) is 0 Å². The first-order valence-corrected chi connectivity index (χ1v) is 6.66. The maximum Gasteiger partial charge on any atom is 0.196 e. The molecular weight excluding hydrogens is 328 g/mol. The van der Waals surface area contributed by atoms with Crippen LogP contribution in [0.3, 0.4) is 0 Å². The third-order valence-electron chi connectivity index (χ3n) is 2.51. The molecule has 0 aliphatic carbocycles. The standard InChI is InChI=1S/C13H7Cl4NO/c14-8-5-9(15)11(16)12(17)10(8)13(19)6-1-3-7(18)4-2-6/h1-5H,18H2. The van der Waals surface area contributed by atoms with Crippen LogP contribution in [0.15, 0.2) is 30.3 Å². The van der Waals surface area contributed by atoms with Crippen molar-refractivity contribution < 1.29 is 4.79 Å². The van der Waals surface area contributed by atoms with Crippen molar-refractivity contribution in [1.82, 2.24) is 0 Å². The van der Waals surface area contributed by atoms with E-state index in [0.717, 1.165) is 0 Å². The molecule has 0 heterocycles. The number of rotatable bonds is 2. The molecule has 2 aromatic rings. The van der Waals surface area contributed by atoms with E-state index >= 15 is 0 Å². The number of ketones is 1. The van der Waals surface area contributed by atoms with Crippen LogP contribution >= 0.6 is 46.4 Å². The van der Waals surface area contributed by atoms with Crippen molar-refractivity contribution in [3.8, 4) is 0 Å². The van der Waals surface area contributed by atoms with Crippen molar-refractivity contribution in [1.29, 1.82) is 0 Å². The average molecular weight is 335 g/mol. The molecule has 0 atom stereocenters. The normalized spacial score (nSPS) is 10.5. The Bertz CT molecular complexity index is 653. The van der Waals surface area contributed by atoms with Crippen molar-refractivity contribution in [2.24, 2.45) is 0 Å². The van der Waals surface area contributed by atoms with Crippen molar-refractivity contribution in [2.75, 3.05) is 5.73 Å². The minimum atomic E-state index is -0.339. The van der Waals surface area contributed by atoms with Crippen LogP contribution in [-0.2, 0) is 0 Å². The van der Waals surface area contributed by atoms with Crippen molar-refractivity contribution >= 4 is 57.9 Å². The van der Waals surface area contributed by atoms with Crippen LogP contribution in [0.25, 0.3) is 0 Å².